The van der Waals surface area contributed by atoms with Gasteiger partial charge in [-0.3, -0.25) is 4.90 Å². The first kappa shape index (κ1) is 15.7. The summed E-state index contributed by atoms with van der Waals surface area (Å²) in [6.07, 6.45) is -0.471. The van der Waals surface area contributed by atoms with Gasteiger partial charge in [0, 0.05) is 6.54 Å². The first-order valence-electron chi connectivity index (χ1n) is 6.09. The molecule has 0 aromatic carbocycles. The summed E-state index contributed by atoms with van der Waals surface area (Å²) in [5.41, 5.74) is 0. The second-order valence-electron chi connectivity index (χ2n) is 3.93. The predicted molar refractivity (Wildman–Crippen MR) is 64.7 cm³/mol. The third kappa shape index (κ3) is 4.63. The molecular formula is C12H23NO4. The van der Waals surface area contributed by atoms with Crippen LogP contribution in [0.15, 0.2) is 0 Å². The third-order valence-corrected chi connectivity index (χ3v) is 2.34. The molecule has 5 heteroatoms. The minimum absolute atomic E-state index is 0.0154. The summed E-state index contributed by atoms with van der Waals surface area (Å²) in [6.45, 7) is 10.1. The zero-order valence-corrected chi connectivity index (χ0v) is 11.4. The van der Waals surface area contributed by atoms with E-state index in [0.717, 1.165) is 0 Å². The summed E-state index contributed by atoms with van der Waals surface area (Å²) in [7, 11) is 0. The van der Waals surface area contributed by atoms with Crippen molar-refractivity contribution in [3.05, 3.63) is 0 Å². The van der Waals surface area contributed by atoms with Crippen LogP contribution in [0.2, 0.25) is 0 Å². The van der Waals surface area contributed by atoms with Gasteiger partial charge < -0.3 is 9.47 Å². The van der Waals surface area contributed by atoms with Crippen LogP contribution in [-0.4, -0.2) is 42.8 Å². The number of likely N-dealkylation sites (N-methyl/N-ethyl adjacent to an activating group) is 1. The van der Waals surface area contributed by atoms with Gasteiger partial charge in [0.1, 0.15) is 6.04 Å². The molecule has 0 saturated heterocycles. The number of ether oxygens (including phenoxy) is 2. The van der Waals surface area contributed by atoms with Gasteiger partial charge in [0.05, 0.1) is 13.2 Å². The molecule has 0 saturated carbocycles. The van der Waals surface area contributed by atoms with E-state index in [1.165, 1.54) is 4.90 Å². The van der Waals surface area contributed by atoms with Gasteiger partial charge in [-0.2, -0.15) is 0 Å². The van der Waals surface area contributed by atoms with Crippen molar-refractivity contribution in [2.24, 2.45) is 5.92 Å². The normalized spacial score (nSPS) is 12.1. The topological polar surface area (TPSA) is 55.8 Å². The van der Waals surface area contributed by atoms with Crippen LogP contribution in [0.4, 0.5) is 4.79 Å². The molecule has 0 aliphatic heterocycles. The maximum absolute atomic E-state index is 11.8. The van der Waals surface area contributed by atoms with Crippen LogP contribution in [0.25, 0.3) is 0 Å². The second-order valence-corrected chi connectivity index (χ2v) is 3.93. The van der Waals surface area contributed by atoms with Crippen molar-refractivity contribution in [1.82, 2.24) is 4.90 Å². The van der Waals surface area contributed by atoms with Crippen LogP contribution >= 0.6 is 0 Å². The predicted octanol–water partition coefficient (Wildman–Crippen LogP) is 2.05. The first-order valence-corrected chi connectivity index (χ1v) is 6.09. The number of rotatable bonds is 6. The van der Waals surface area contributed by atoms with Crippen molar-refractivity contribution in [3.63, 3.8) is 0 Å². The fourth-order valence-electron chi connectivity index (χ4n) is 1.63. The van der Waals surface area contributed by atoms with E-state index in [4.69, 9.17) is 9.47 Å². The van der Waals surface area contributed by atoms with E-state index < -0.39 is 12.1 Å². The van der Waals surface area contributed by atoms with E-state index in [1.54, 1.807) is 13.8 Å². The molecule has 0 fully saturated rings. The Balaban J connectivity index is 4.86. The van der Waals surface area contributed by atoms with Crippen LogP contribution < -0.4 is 0 Å². The van der Waals surface area contributed by atoms with Crippen molar-refractivity contribution in [2.45, 2.75) is 40.7 Å². The number of carbonyl (C=O) groups excluding carboxylic acids is 2. The quantitative estimate of drug-likeness (QED) is 0.672. The summed E-state index contributed by atoms with van der Waals surface area (Å²) in [4.78, 5) is 25.0. The number of carbonyl (C=O) groups is 2. The molecule has 0 aromatic heterocycles. The van der Waals surface area contributed by atoms with Gasteiger partial charge in [-0.05, 0) is 26.7 Å². The highest BCUT2D eigenvalue weighted by atomic mass is 16.6. The monoisotopic (exact) mass is 245 g/mol. The molecule has 0 heterocycles. The van der Waals surface area contributed by atoms with E-state index in [0.29, 0.717) is 19.8 Å². The highest BCUT2D eigenvalue weighted by Crippen LogP contribution is 2.14. The average molecular weight is 245 g/mol. The highest BCUT2D eigenvalue weighted by Gasteiger charge is 2.33. The Kier molecular flexibility index (Phi) is 7.34. The lowest BCUT2D eigenvalue weighted by molar-refractivity contribution is -0.150. The zero-order chi connectivity index (χ0) is 13.4. The summed E-state index contributed by atoms with van der Waals surface area (Å²) in [5, 5.41) is 0. The molecule has 0 radical (unpaired) electrons. The van der Waals surface area contributed by atoms with Gasteiger partial charge in [0.25, 0.3) is 0 Å². The molecular weight excluding hydrogens is 222 g/mol. The molecule has 5 nitrogen and oxygen atoms in total. The number of hydrogen-bond acceptors (Lipinski definition) is 4. The van der Waals surface area contributed by atoms with Crippen LogP contribution in [0, 0.1) is 5.92 Å². The Morgan fingerprint density at radius 2 is 1.59 bits per heavy atom. The minimum atomic E-state index is -0.584. The largest absolute Gasteiger partial charge is 0.464 e. The van der Waals surface area contributed by atoms with Gasteiger partial charge in [-0.25, -0.2) is 9.59 Å². The van der Waals surface area contributed by atoms with Crippen LogP contribution in [0.3, 0.4) is 0 Å². The molecule has 100 valence electrons. The lowest BCUT2D eigenvalue weighted by Gasteiger charge is -2.30. The van der Waals surface area contributed by atoms with E-state index >= 15 is 0 Å². The van der Waals surface area contributed by atoms with E-state index in [9.17, 15) is 9.59 Å². The van der Waals surface area contributed by atoms with Crippen molar-refractivity contribution in [3.8, 4) is 0 Å². The zero-order valence-electron chi connectivity index (χ0n) is 11.4. The lowest BCUT2D eigenvalue weighted by Crippen LogP contribution is -2.49. The standard InChI is InChI=1S/C12H23NO4/c1-6-13(12(15)17-8-3)10(9(4)5)11(14)16-7-2/h9-10H,6-8H2,1-5H3/t10-/m0/s1. The number of esters is 1. The summed E-state index contributed by atoms with van der Waals surface area (Å²) < 4.78 is 9.92. The van der Waals surface area contributed by atoms with Crippen LogP contribution in [-0.2, 0) is 14.3 Å². The van der Waals surface area contributed by atoms with Gasteiger partial charge in [-0.1, -0.05) is 13.8 Å². The second kappa shape index (κ2) is 7.92. The average Bonchev–Trinajstić information content (AvgIpc) is 2.25. The van der Waals surface area contributed by atoms with Crippen molar-refractivity contribution >= 4 is 12.1 Å². The maximum Gasteiger partial charge on any atom is 0.410 e. The molecule has 0 aromatic rings. The molecule has 1 atom stereocenters. The lowest BCUT2D eigenvalue weighted by atomic mass is 10.0. The molecule has 0 aliphatic rings. The van der Waals surface area contributed by atoms with Crippen LogP contribution in [0.1, 0.15) is 34.6 Å². The van der Waals surface area contributed by atoms with Crippen molar-refractivity contribution in [2.75, 3.05) is 19.8 Å². The molecule has 0 rings (SSSR count). The molecule has 0 spiro atoms. The fourth-order valence-corrected chi connectivity index (χ4v) is 1.63. The third-order valence-electron chi connectivity index (χ3n) is 2.34. The highest BCUT2D eigenvalue weighted by molar-refractivity contribution is 5.81. The Morgan fingerprint density at radius 3 is 1.94 bits per heavy atom. The smallest absolute Gasteiger partial charge is 0.410 e. The Bertz CT molecular complexity index is 253. The molecule has 17 heavy (non-hydrogen) atoms. The first-order chi connectivity index (χ1) is 7.99. The van der Waals surface area contributed by atoms with Crippen molar-refractivity contribution in [1.29, 1.82) is 0 Å². The van der Waals surface area contributed by atoms with Crippen molar-refractivity contribution < 1.29 is 19.1 Å². The SMILES string of the molecule is CCOC(=O)[C@H](C(C)C)N(CC)C(=O)OCC. The van der Waals surface area contributed by atoms with E-state index in [1.807, 2.05) is 20.8 Å². The van der Waals surface area contributed by atoms with Gasteiger partial charge >= 0.3 is 12.1 Å². The Labute approximate surface area is 103 Å². The molecule has 1 amide bonds. The van der Waals surface area contributed by atoms with Crippen LogP contribution in [0.5, 0.6) is 0 Å². The molecule has 0 N–H and O–H groups in total. The van der Waals surface area contributed by atoms with Gasteiger partial charge in [0.15, 0.2) is 0 Å². The Morgan fingerprint density at radius 1 is 1.06 bits per heavy atom. The van der Waals surface area contributed by atoms with Gasteiger partial charge in [-0.15, -0.1) is 0 Å². The summed E-state index contributed by atoms with van der Waals surface area (Å²) >= 11 is 0. The number of hydrogen-bond donors (Lipinski definition) is 0. The van der Waals surface area contributed by atoms with E-state index in [2.05, 4.69) is 0 Å². The maximum atomic E-state index is 11.8. The van der Waals surface area contributed by atoms with E-state index in [-0.39, 0.29) is 11.9 Å². The summed E-state index contributed by atoms with van der Waals surface area (Å²) in [5.74, 6) is -0.393. The Hall–Kier alpha value is -1.26. The number of nitrogens with zero attached hydrogens (tertiary/aromatic N) is 1. The molecule has 0 unspecified atom stereocenters. The molecule has 0 bridgehead atoms. The summed E-state index contributed by atoms with van der Waals surface area (Å²) in [6, 6.07) is -0.584. The fraction of sp³-hybridized carbons (Fsp3) is 0.833. The molecule has 0 aliphatic carbocycles. The minimum Gasteiger partial charge on any atom is -0.464 e. The van der Waals surface area contributed by atoms with Gasteiger partial charge in [0.2, 0.25) is 0 Å². The number of amides is 1.